The number of carboxylic acids is 1. The molecule has 1 aliphatic carbocycles. The molecule has 1 fully saturated rings. The van der Waals surface area contributed by atoms with E-state index in [4.69, 9.17) is 21.1 Å². The Morgan fingerprint density at radius 3 is 2.80 bits per heavy atom. The van der Waals surface area contributed by atoms with Crippen molar-refractivity contribution >= 4 is 23.7 Å². The molecule has 3 aliphatic rings. The van der Waals surface area contributed by atoms with Gasteiger partial charge in [0.05, 0.1) is 30.9 Å². The van der Waals surface area contributed by atoms with Gasteiger partial charge in [-0.25, -0.2) is 9.59 Å². The number of carbonyl (C=O) groups is 2. The van der Waals surface area contributed by atoms with Gasteiger partial charge in [0, 0.05) is 30.3 Å². The Balaban J connectivity index is 1.28. The van der Waals surface area contributed by atoms with Gasteiger partial charge in [-0.2, -0.15) is 18.3 Å². The van der Waals surface area contributed by atoms with Gasteiger partial charge in [-0.1, -0.05) is 60.2 Å². The summed E-state index contributed by atoms with van der Waals surface area (Å²) in [4.78, 5) is 25.1. The third kappa shape index (κ3) is 7.44. The number of hydrogen-bond acceptors (Lipinski definition) is 6. The number of amides is 1. The average Bonchev–Trinajstić information content (AvgIpc) is 3.31. The molecule has 0 saturated carbocycles. The highest BCUT2D eigenvalue weighted by Crippen LogP contribution is 2.37. The van der Waals surface area contributed by atoms with Crippen molar-refractivity contribution in [2.24, 2.45) is 5.92 Å². The predicted molar refractivity (Wildman–Crippen MR) is 161 cm³/mol. The van der Waals surface area contributed by atoms with Crippen LogP contribution in [0.4, 0.5) is 18.0 Å². The van der Waals surface area contributed by atoms with E-state index in [1.807, 2.05) is 18.2 Å². The molecule has 13 heteroatoms. The number of methoxy groups -OCH3 is 1. The topological polar surface area (TPSA) is 106 Å². The summed E-state index contributed by atoms with van der Waals surface area (Å²) in [7, 11) is 1.39. The second-order valence-electron chi connectivity index (χ2n) is 10.9. The zero-order valence-electron chi connectivity index (χ0n) is 24.4. The number of allylic oxidation sites excluding steroid dienone is 7. The largest absolute Gasteiger partial charge is 0.487 e. The Kier molecular flexibility index (Phi) is 9.71. The van der Waals surface area contributed by atoms with Crippen LogP contribution in [0.15, 0.2) is 83.8 Å². The van der Waals surface area contributed by atoms with E-state index in [1.54, 1.807) is 29.2 Å². The molecule has 0 spiro atoms. The number of aromatic nitrogens is 2. The number of benzene rings is 1. The average molecular weight is 645 g/mol. The number of rotatable bonds is 8. The predicted octanol–water partition coefficient (Wildman–Crippen LogP) is 6.71. The maximum absolute atomic E-state index is 13.7. The fraction of sp³-hybridized carbons (Fsp3) is 0.344. The first kappa shape index (κ1) is 32.0. The van der Waals surface area contributed by atoms with E-state index < -0.39 is 29.4 Å². The summed E-state index contributed by atoms with van der Waals surface area (Å²) in [6, 6.07) is 4.79. The number of alkyl halides is 3. The van der Waals surface area contributed by atoms with Crippen LogP contribution in [0.2, 0.25) is 5.02 Å². The molecule has 2 atom stereocenters. The minimum Gasteiger partial charge on any atom is -0.487 e. The van der Waals surface area contributed by atoms with Gasteiger partial charge in [0.1, 0.15) is 17.9 Å². The maximum Gasteiger partial charge on any atom is 0.433 e. The van der Waals surface area contributed by atoms with E-state index >= 15 is 0 Å². The normalized spacial score (nSPS) is 20.0. The summed E-state index contributed by atoms with van der Waals surface area (Å²) in [6.07, 6.45) is 11.4. The number of carbonyl (C=O) groups excluding carboxylic acids is 1. The van der Waals surface area contributed by atoms with Crippen LogP contribution >= 0.6 is 11.6 Å². The first-order valence-electron chi connectivity index (χ1n) is 14.4. The third-order valence-electron chi connectivity index (χ3n) is 7.86. The highest BCUT2D eigenvalue weighted by atomic mass is 35.5. The van der Waals surface area contributed by atoms with Crippen molar-refractivity contribution < 1.29 is 37.3 Å². The highest BCUT2D eigenvalue weighted by molar-refractivity contribution is 6.32. The summed E-state index contributed by atoms with van der Waals surface area (Å²) in [5, 5.41) is 16.5. The number of hydrogen-bond donors (Lipinski definition) is 2. The van der Waals surface area contributed by atoms with E-state index in [0.29, 0.717) is 52.4 Å². The maximum atomic E-state index is 13.7. The van der Waals surface area contributed by atoms with E-state index in [9.17, 15) is 27.9 Å². The van der Waals surface area contributed by atoms with Gasteiger partial charge in [-0.15, -0.1) is 0 Å². The molecule has 9 nitrogen and oxygen atoms in total. The van der Waals surface area contributed by atoms with Crippen LogP contribution in [0.25, 0.3) is 0 Å². The molecule has 2 unspecified atom stereocenters. The lowest BCUT2D eigenvalue weighted by molar-refractivity contribution is -0.144. The van der Waals surface area contributed by atoms with Gasteiger partial charge in [0.25, 0.3) is 0 Å². The SMILES string of the molecule is COC(=O)N1CCCC(C2=CC=C(COc3c(Cl)cccc3C3C=CC=C(Cn4ncc(C(=O)O)c4C(F)(F)F)N3)CC=C2)C1. The molecular weight excluding hydrogens is 613 g/mol. The highest BCUT2D eigenvalue weighted by Gasteiger charge is 2.40. The van der Waals surface area contributed by atoms with Gasteiger partial charge >= 0.3 is 18.2 Å². The van der Waals surface area contributed by atoms with E-state index in [2.05, 4.69) is 28.6 Å². The molecular formula is C32H32ClF3N4O5. The van der Waals surface area contributed by atoms with Gasteiger partial charge < -0.3 is 24.8 Å². The number of halogens is 4. The van der Waals surface area contributed by atoms with Gasteiger partial charge in [-0.05, 0) is 42.6 Å². The van der Waals surface area contributed by atoms with Crippen molar-refractivity contribution in [3.8, 4) is 5.75 Å². The molecule has 238 valence electrons. The van der Waals surface area contributed by atoms with Gasteiger partial charge in [0.15, 0.2) is 5.69 Å². The fourth-order valence-corrected chi connectivity index (χ4v) is 5.91. The molecule has 0 bridgehead atoms. The Hall–Kier alpha value is -4.45. The smallest absolute Gasteiger partial charge is 0.433 e. The lowest BCUT2D eigenvalue weighted by Crippen LogP contribution is -2.40. The van der Waals surface area contributed by atoms with Crippen molar-refractivity contribution in [1.82, 2.24) is 20.0 Å². The van der Waals surface area contributed by atoms with Crippen molar-refractivity contribution in [2.45, 2.75) is 38.0 Å². The summed E-state index contributed by atoms with van der Waals surface area (Å²) in [5.41, 5.74) is 0.966. The molecule has 5 rings (SSSR count). The molecule has 2 aliphatic heterocycles. The zero-order valence-corrected chi connectivity index (χ0v) is 25.1. The number of nitrogens with zero attached hydrogens (tertiary/aromatic N) is 3. The molecule has 2 N–H and O–H groups in total. The van der Waals surface area contributed by atoms with Crippen LogP contribution in [-0.2, 0) is 17.5 Å². The standard InChI is InChI=1S/C32H32ClF3N4O5/c1-44-31(43)39-15-5-8-22(17-39)21-7-2-6-20(13-14-21)19-45-28-24(10-4-11-26(28)33)27-12-3-9-23(38-27)18-40-29(32(34,35)36)25(16-37-40)30(41)42/h2-4,7,9-14,16,22,27,38H,5-6,8,15,17-19H2,1H3,(H,41,42). The summed E-state index contributed by atoms with van der Waals surface area (Å²) >= 11 is 6.57. The van der Waals surface area contributed by atoms with Gasteiger partial charge in [-0.3, -0.25) is 4.68 Å². The number of aromatic carboxylic acids is 1. The van der Waals surface area contributed by atoms with Crippen LogP contribution in [0.3, 0.4) is 0 Å². The number of nitrogens with one attached hydrogen (secondary N) is 1. The lowest BCUT2D eigenvalue weighted by Gasteiger charge is -2.32. The van der Waals surface area contributed by atoms with E-state index in [1.165, 1.54) is 7.11 Å². The summed E-state index contributed by atoms with van der Waals surface area (Å²) < 4.78 is 52.9. The molecule has 1 amide bonds. The molecule has 1 saturated heterocycles. The number of piperidine rings is 1. The lowest BCUT2D eigenvalue weighted by atomic mass is 9.90. The monoisotopic (exact) mass is 644 g/mol. The number of likely N-dealkylation sites (tertiary alicyclic amines) is 1. The zero-order chi connectivity index (χ0) is 32.1. The number of para-hydroxylation sites is 1. The second-order valence-corrected chi connectivity index (χ2v) is 11.3. The Labute approximate surface area is 262 Å². The minimum atomic E-state index is -4.90. The molecule has 0 radical (unpaired) electrons. The van der Waals surface area contributed by atoms with Crippen molar-refractivity contribution in [1.29, 1.82) is 0 Å². The van der Waals surface area contributed by atoms with E-state index in [-0.39, 0.29) is 25.2 Å². The Morgan fingerprint density at radius 1 is 1.22 bits per heavy atom. The molecule has 3 heterocycles. The quantitative estimate of drug-likeness (QED) is 0.329. The summed E-state index contributed by atoms with van der Waals surface area (Å²) in [5.74, 6) is -1.06. The van der Waals surface area contributed by atoms with E-state index in [0.717, 1.165) is 24.0 Å². The molecule has 2 aromatic rings. The van der Waals surface area contributed by atoms with Crippen LogP contribution in [0.1, 0.15) is 46.9 Å². The first-order chi connectivity index (χ1) is 21.5. The number of carboxylic acid groups (broad SMARTS) is 1. The van der Waals surface area contributed by atoms with Crippen LogP contribution in [0.5, 0.6) is 5.75 Å². The number of ether oxygens (including phenoxy) is 2. The van der Waals surface area contributed by atoms with Crippen LogP contribution in [0, 0.1) is 5.92 Å². The molecule has 1 aromatic carbocycles. The van der Waals surface area contributed by atoms with Crippen molar-refractivity contribution in [3.05, 3.63) is 106 Å². The fourth-order valence-electron chi connectivity index (χ4n) is 5.68. The van der Waals surface area contributed by atoms with Gasteiger partial charge in [0.2, 0.25) is 0 Å². The first-order valence-corrected chi connectivity index (χ1v) is 14.7. The second kappa shape index (κ2) is 13.7. The molecule has 1 aromatic heterocycles. The number of dihydropyridines is 1. The van der Waals surface area contributed by atoms with Crippen LogP contribution < -0.4 is 10.1 Å². The van der Waals surface area contributed by atoms with Crippen molar-refractivity contribution in [2.75, 3.05) is 26.8 Å². The molecule has 45 heavy (non-hydrogen) atoms. The Bertz CT molecular complexity index is 1610. The van der Waals surface area contributed by atoms with Crippen LogP contribution in [-0.4, -0.2) is 58.7 Å². The third-order valence-corrected chi connectivity index (χ3v) is 8.16. The van der Waals surface area contributed by atoms with Crippen molar-refractivity contribution in [3.63, 3.8) is 0 Å². The minimum absolute atomic E-state index is 0.205. The summed E-state index contributed by atoms with van der Waals surface area (Å²) in [6.45, 7) is 1.21. The Morgan fingerprint density at radius 2 is 2.04 bits per heavy atom.